The van der Waals surface area contributed by atoms with E-state index in [0.29, 0.717) is 24.8 Å². The minimum Gasteiger partial charge on any atom is -0.504 e. The highest BCUT2D eigenvalue weighted by molar-refractivity contribution is 14.0. The second-order valence-corrected chi connectivity index (χ2v) is 7.22. The molecule has 1 saturated heterocycles. The quantitative estimate of drug-likeness (QED) is 0.292. The molecule has 0 unspecified atom stereocenters. The zero-order valence-corrected chi connectivity index (χ0v) is 20.1. The van der Waals surface area contributed by atoms with Gasteiger partial charge in [-0.3, -0.25) is 4.99 Å². The van der Waals surface area contributed by atoms with Gasteiger partial charge in [0.25, 0.3) is 0 Å². The molecule has 0 atom stereocenters. The molecule has 1 aliphatic rings. The van der Waals surface area contributed by atoms with E-state index in [0.717, 1.165) is 44.0 Å². The molecule has 0 bridgehead atoms. The van der Waals surface area contributed by atoms with Crippen LogP contribution in [0.15, 0.2) is 53.5 Å². The summed E-state index contributed by atoms with van der Waals surface area (Å²) in [6.07, 6.45) is 2.82. The number of guanidine groups is 1. The average Bonchev–Trinajstić information content (AvgIpc) is 2.76. The Balaban J connectivity index is 0.00000320. The fourth-order valence-corrected chi connectivity index (χ4v) is 3.66. The number of phenols is 1. The number of hydrogen-bond acceptors (Lipinski definition) is 4. The third-order valence-corrected chi connectivity index (χ3v) is 5.25. The van der Waals surface area contributed by atoms with E-state index in [1.165, 1.54) is 5.69 Å². The molecule has 1 heterocycles. The second-order valence-electron chi connectivity index (χ2n) is 7.22. The van der Waals surface area contributed by atoms with Crippen molar-refractivity contribution < 1.29 is 9.84 Å². The molecule has 1 fully saturated rings. The highest BCUT2D eigenvalue weighted by Crippen LogP contribution is 2.29. The molecule has 0 spiro atoms. The van der Waals surface area contributed by atoms with Crippen molar-refractivity contribution in [2.45, 2.75) is 32.2 Å². The molecule has 0 aromatic heterocycles. The standard InChI is InChI=1S/C23H32N4O2.HI/c1-3-24-23(25-15-12-18-8-7-11-21(29-2)22(18)28)26-19-13-16-27(17-14-19)20-9-5-4-6-10-20;/h4-11,19,28H,3,12-17H2,1-2H3,(H2,24,25,26);1H. The van der Waals surface area contributed by atoms with Crippen LogP contribution >= 0.6 is 24.0 Å². The molecule has 3 rings (SSSR count). The van der Waals surface area contributed by atoms with Crippen LogP contribution in [-0.2, 0) is 6.42 Å². The Bertz CT molecular complexity index is 793. The second kappa shape index (κ2) is 12.5. The van der Waals surface area contributed by atoms with E-state index in [2.05, 4.69) is 52.8 Å². The summed E-state index contributed by atoms with van der Waals surface area (Å²) >= 11 is 0. The number of anilines is 1. The van der Waals surface area contributed by atoms with E-state index in [4.69, 9.17) is 9.73 Å². The third kappa shape index (κ3) is 6.68. The number of phenolic OH excluding ortho intramolecular Hbond substituents is 1. The van der Waals surface area contributed by atoms with Crippen LogP contribution < -0.4 is 20.3 Å². The van der Waals surface area contributed by atoms with Gasteiger partial charge in [0.1, 0.15) is 0 Å². The van der Waals surface area contributed by atoms with Crippen LogP contribution in [0.3, 0.4) is 0 Å². The van der Waals surface area contributed by atoms with E-state index in [-0.39, 0.29) is 29.7 Å². The SMILES string of the molecule is CCNC(=NCCc1cccc(OC)c1O)NC1CCN(c2ccccc2)CC1.I. The van der Waals surface area contributed by atoms with Gasteiger partial charge in [0.15, 0.2) is 17.5 Å². The highest BCUT2D eigenvalue weighted by Gasteiger charge is 2.20. The summed E-state index contributed by atoms with van der Waals surface area (Å²) in [5.41, 5.74) is 2.14. The maximum Gasteiger partial charge on any atom is 0.191 e. The number of aromatic hydroxyl groups is 1. The van der Waals surface area contributed by atoms with Gasteiger partial charge < -0.3 is 25.4 Å². The lowest BCUT2D eigenvalue weighted by Crippen LogP contribution is -2.48. The number of aliphatic imine (C=N–C) groups is 1. The smallest absolute Gasteiger partial charge is 0.191 e. The predicted octanol–water partition coefficient (Wildman–Crippen LogP) is 3.79. The first-order chi connectivity index (χ1) is 14.2. The molecule has 0 saturated carbocycles. The van der Waals surface area contributed by atoms with Crippen LogP contribution in [0.25, 0.3) is 0 Å². The van der Waals surface area contributed by atoms with E-state index < -0.39 is 0 Å². The zero-order chi connectivity index (χ0) is 20.5. The van der Waals surface area contributed by atoms with E-state index in [1.807, 2.05) is 12.1 Å². The first-order valence-electron chi connectivity index (χ1n) is 10.4. The summed E-state index contributed by atoms with van der Waals surface area (Å²) in [7, 11) is 1.56. The summed E-state index contributed by atoms with van der Waals surface area (Å²) in [6.45, 7) is 5.57. The molecule has 7 heteroatoms. The number of nitrogens with zero attached hydrogens (tertiary/aromatic N) is 2. The number of nitrogens with one attached hydrogen (secondary N) is 2. The van der Waals surface area contributed by atoms with Gasteiger partial charge in [-0.2, -0.15) is 0 Å². The Morgan fingerprint density at radius 1 is 1.13 bits per heavy atom. The van der Waals surface area contributed by atoms with Crippen molar-refractivity contribution in [2.24, 2.45) is 4.99 Å². The van der Waals surface area contributed by atoms with Gasteiger partial charge in [0.2, 0.25) is 0 Å². The number of methoxy groups -OCH3 is 1. The van der Waals surface area contributed by atoms with Crippen molar-refractivity contribution in [2.75, 3.05) is 38.2 Å². The molecule has 3 N–H and O–H groups in total. The summed E-state index contributed by atoms with van der Waals surface area (Å²) in [5, 5.41) is 17.1. The summed E-state index contributed by atoms with van der Waals surface area (Å²) in [6, 6.07) is 16.6. The van der Waals surface area contributed by atoms with Gasteiger partial charge in [-0.15, -0.1) is 24.0 Å². The molecule has 2 aromatic carbocycles. The van der Waals surface area contributed by atoms with Crippen LogP contribution in [0.2, 0.25) is 0 Å². The molecule has 30 heavy (non-hydrogen) atoms. The van der Waals surface area contributed by atoms with E-state index >= 15 is 0 Å². The van der Waals surface area contributed by atoms with Crippen LogP contribution in [0, 0.1) is 0 Å². The molecular formula is C23H33IN4O2. The van der Waals surface area contributed by atoms with Crippen molar-refractivity contribution in [1.29, 1.82) is 0 Å². The van der Waals surface area contributed by atoms with Crippen LogP contribution in [0.4, 0.5) is 5.69 Å². The number of para-hydroxylation sites is 2. The number of benzene rings is 2. The lowest BCUT2D eigenvalue weighted by Gasteiger charge is -2.34. The Kier molecular flexibility index (Phi) is 10.1. The summed E-state index contributed by atoms with van der Waals surface area (Å²) < 4.78 is 5.18. The fraction of sp³-hybridized carbons (Fsp3) is 0.435. The largest absolute Gasteiger partial charge is 0.504 e. The molecule has 0 radical (unpaired) electrons. The van der Waals surface area contributed by atoms with Crippen molar-refractivity contribution in [3.63, 3.8) is 0 Å². The third-order valence-electron chi connectivity index (χ3n) is 5.25. The Labute approximate surface area is 196 Å². The molecule has 164 valence electrons. The van der Waals surface area contributed by atoms with Gasteiger partial charge in [-0.05, 0) is 49.9 Å². The monoisotopic (exact) mass is 524 g/mol. The minimum absolute atomic E-state index is 0. The Hall–Kier alpha value is -2.16. The maximum atomic E-state index is 10.2. The first kappa shape index (κ1) is 24.1. The van der Waals surface area contributed by atoms with Gasteiger partial charge in [-0.1, -0.05) is 30.3 Å². The lowest BCUT2D eigenvalue weighted by atomic mass is 10.0. The molecular weight excluding hydrogens is 491 g/mol. The van der Waals surface area contributed by atoms with Gasteiger partial charge in [-0.25, -0.2) is 0 Å². The normalized spacial score (nSPS) is 14.7. The molecule has 0 aliphatic carbocycles. The highest BCUT2D eigenvalue weighted by atomic mass is 127. The number of piperidine rings is 1. The van der Waals surface area contributed by atoms with Crippen molar-refractivity contribution >= 4 is 35.6 Å². The number of rotatable bonds is 7. The van der Waals surface area contributed by atoms with E-state index in [1.54, 1.807) is 13.2 Å². The van der Waals surface area contributed by atoms with Crippen LogP contribution in [0.1, 0.15) is 25.3 Å². The number of hydrogen-bond donors (Lipinski definition) is 3. The first-order valence-corrected chi connectivity index (χ1v) is 10.4. The maximum absolute atomic E-state index is 10.2. The summed E-state index contributed by atoms with van der Waals surface area (Å²) in [5.74, 6) is 1.55. The summed E-state index contributed by atoms with van der Waals surface area (Å²) in [4.78, 5) is 7.14. The fourth-order valence-electron chi connectivity index (χ4n) is 3.66. The molecule has 6 nitrogen and oxygen atoms in total. The van der Waals surface area contributed by atoms with Gasteiger partial charge >= 0.3 is 0 Å². The predicted molar refractivity (Wildman–Crippen MR) is 135 cm³/mol. The Morgan fingerprint density at radius 2 is 1.87 bits per heavy atom. The van der Waals surface area contributed by atoms with Crippen molar-refractivity contribution in [3.8, 4) is 11.5 Å². The lowest BCUT2D eigenvalue weighted by molar-refractivity contribution is 0.370. The molecule has 0 amide bonds. The van der Waals surface area contributed by atoms with Crippen LogP contribution in [-0.4, -0.2) is 50.4 Å². The number of ether oxygens (including phenoxy) is 1. The topological polar surface area (TPSA) is 69.1 Å². The van der Waals surface area contributed by atoms with Crippen LogP contribution in [0.5, 0.6) is 11.5 Å². The molecule has 2 aromatic rings. The van der Waals surface area contributed by atoms with Gasteiger partial charge in [0, 0.05) is 37.9 Å². The molecule has 1 aliphatic heterocycles. The Morgan fingerprint density at radius 3 is 2.53 bits per heavy atom. The zero-order valence-electron chi connectivity index (χ0n) is 17.8. The number of halogens is 1. The average molecular weight is 524 g/mol. The minimum atomic E-state index is 0. The van der Waals surface area contributed by atoms with Gasteiger partial charge in [0.05, 0.1) is 7.11 Å². The van der Waals surface area contributed by atoms with E-state index in [9.17, 15) is 5.11 Å². The van der Waals surface area contributed by atoms with Crippen molar-refractivity contribution in [1.82, 2.24) is 10.6 Å². The van der Waals surface area contributed by atoms with Crippen molar-refractivity contribution in [3.05, 3.63) is 54.1 Å².